The predicted molar refractivity (Wildman–Crippen MR) is 78.8 cm³/mol. The van der Waals surface area contributed by atoms with Crippen molar-refractivity contribution in [1.29, 1.82) is 0 Å². The van der Waals surface area contributed by atoms with E-state index < -0.39 is 5.60 Å². The second kappa shape index (κ2) is 6.58. The molecule has 2 rings (SSSR count). The first-order valence-corrected chi connectivity index (χ1v) is 7.40. The van der Waals surface area contributed by atoms with Crippen LogP contribution in [-0.4, -0.2) is 59.3 Å². The fourth-order valence-corrected chi connectivity index (χ4v) is 2.37. The Balaban J connectivity index is 1.72. The SMILES string of the molecule is Cc1cc(CN2CCN(CC(=O)OC(C)(C)C)CC2)on1. The van der Waals surface area contributed by atoms with Gasteiger partial charge in [0.2, 0.25) is 0 Å². The van der Waals surface area contributed by atoms with Crippen LogP contribution in [0.5, 0.6) is 0 Å². The molecule has 0 amide bonds. The molecule has 1 aromatic heterocycles. The summed E-state index contributed by atoms with van der Waals surface area (Å²) in [5.74, 6) is 0.745. The zero-order valence-corrected chi connectivity index (χ0v) is 13.4. The van der Waals surface area contributed by atoms with Gasteiger partial charge in [-0.3, -0.25) is 14.6 Å². The highest BCUT2D eigenvalue weighted by atomic mass is 16.6. The molecule has 0 saturated carbocycles. The van der Waals surface area contributed by atoms with Crippen molar-refractivity contribution >= 4 is 5.97 Å². The third-order valence-corrected chi connectivity index (χ3v) is 3.29. The van der Waals surface area contributed by atoms with Crippen molar-refractivity contribution < 1.29 is 14.1 Å². The van der Waals surface area contributed by atoms with E-state index in [1.165, 1.54) is 0 Å². The summed E-state index contributed by atoms with van der Waals surface area (Å²) in [5, 5.41) is 3.90. The number of rotatable bonds is 4. The lowest BCUT2D eigenvalue weighted by Gasteiger charge is -2.34. The summed E-state index contributed by atoms with van der Waals surface area (Å²) in [4.78, 5) is 16.2. The van der Waals surface area contributed by atoms with Crippen LogP contribution in [0.2, 0.25) is 0 Å². The molecule has 0 bridgehead atoms. The van der Waals surface area contributed by atoms with Gasteiger partial charge in [0.05, 0.1) is 18.8 Å². The maximum atomic E-state index is 11.8. The molecule has 6 heteroatoms. The molecule has 2 heterocycles. The van der Waals surface area contributed by atoms with Gasteiger partial charge < -0.3 is 9.26 Å². The van der Waals surface area contributed by atoms with E-state index in [0.29, 0.717) is 6.54 Å². The normalized spacial score (nSPS) is 17.9. The van der Waals surface area contributed by atoms with Crippen molar-refractivity contribution in [2.75, 3.05) is 32.7 Å². The molecule has 1 aliphatic heterocycles. The van der Waals surface area contributed by atoms with Gasteiger partial charge in [0, 0.05) is 32.2 Å². The summed E-state index contributed by atoms with van der Waals surface area (Å²) in [6, 6.07) is 1.97. The largest absolute Gasteiger partial charge is 0.459 e. The van der Waals surface area contributed by atoms with Crippen LogP contribution in [0.3, 0.4) is 0 Å². The summed E-state index contributed by atoms with van der Waals surface area (Å²) in [6.07, 6.45) is 0. The van der Waals surface area contributed by atoms with Gasteiger partial charge in [-0.2, -0.15) is 0 Å². The molecule has 0 spiro atoms. The van der Waals surface area contributed by atoms with E-state index in [9.17, 15) is 4.79 Å². The summed E-state index contributed by atoms with van der Waals surface area (Å²) in [6.45, 7) is 12.3. The monoisotopic (exact) mass is 295 g/mol. The summed E-state index contributed by atoms with van der Waals surface area (Å²) in [5.41, 5.74) is 0.497. The quantitative estimate of drug-likeness (QED) is 0.784. The van der Waals surface area contributed by atoms with Gasteiger partial charge >= 0.3 is 5.97 Å². The molecule has 1 aliphatic rings. The molecule has 1 aromatic rings. The number of esters is 1. The summed E-state index contributed by atoms with van der Waals surface area (Å²) < 4.78 is 10.6. The molecule has 6 nitrogen and oxygen atoms in total. The number of carbonyl (C=O) groups is 1. The average molecular weight is 295 g/mol. The van der Waals surface area contributed by atoms with Crippen LogP contribution in [0, 0.1) is 6.92 Å². The van der Waals surface area contributed by atoms with E-state index in [-0.39, 0.29) is 5.97 Å². The van der Waals surface area contributed by atoms with Gasteiger partial charge in [0.15, 0.2) is 5.76 Å². The molecule has 118 valence electrons. The number of nitrogens with zero attached hydrogens (tertiary/aromatic N) is 3. The fourth-order valence-electron chi connectivity index (χ4n) is 2.37. The molecule has 1 fully saturated rings. The molecule has 1 saturated heterocycles. The zero-order valence-electron chi connectivity index (χ0n) is 13.4. The zero-order chi connectivity index (χ0) is 15.5. The number of piperazine rings is 1. The first-order valence-electron chi connectivity index (χ1n) is 7.40. The number of hydrogen-bond acceptors (Lipinski definition) is 6. The van der Waals surface area contributed by atoms with E-state index in [0.717, 1.165) is 44.2 Å². The Morgan fingerprint density at radius 3 is 2.43 bits per heavy atom. The smallest absolute Gasteiger partial charge is 0.320 e. The van der Waals surface area contributed by atoms with Crippen molar-refractivity contribution in [2.24, 2.45) is 0 Å². The molecular formula is C15H25N3O3. The second-order valence-corrected chi connectivity index (χ2v) is 6.57. The molecule has 21 heavy (non-hydrogen) atoms. The van der Waals surface area contributed by atoms with E-state index in [4.69, 9.17) is 9.26 Å². The van der Waals surface area contributed by atoms with E-state index in [1.54, 1.807) is 0 Å². The van der Waals surface area contributed by atoms with E-state index in [1.807, 2.05) is 33.8 Å². The lowest BCUT2D eigenvalue weighted by molar-refractivity contribution is -0.156. The van der Waals surface area contributed by atoms with Crippen molar-refractivity contribution in [3.8, 4) is 0 Å². The minimum Gasteiger partial charge on any atom is -0.459 e. The van der Waals surface area contributed by atoms with Gasteiger partial charge in [0.1, 0.15) is 5.60 Å². The predicted octanol–water partition coefficient (Wildman–Crippen LogP) is 1.44. The van der Waals surface area contributed by atoms with Crippen LogP contribution in [0.1, 0.15) is 32.2 Å². The molecule has 0 aromatic carbocycles. The van der Waals surface area contributed by atoms with Gasteiger partial charge in [-0.1, -0.05) is 5.16 Å². The Labute approximate surface area is 126 Å². The molecule has 0 aliphatic carbocycles. The fraction of sp³-hybridized carbons (Fsp3) is 0.733. The average Bonchev–Trinajstić information content (AvgIpc) is 2.75. The second-order valence-electron chi connectivity index (χ2n) is 6.57. The van der Waals surface area contributed by atoms with Crippen LogP contribution < -0.4 is 0 Å². The molecule has 0 unspecified atom stereocenters. The Kier molecular flexibility index (Phi) is 5.00. The van der Waals surface area contributed by atoms with Crippen LogP contribution in [0.4, 0.5) is 0 Å². The number of ether oxygens (including phenoxy) is 1. The number of hydrogen-bond donors (Lipinski definition) is 0. The highest BCUT2D eigenvalue weighted by Crippen LogP contribution is 2.11. The van der Waals surface area contributed by atoms with Gasteiger partial charge in [-0.25, -0.2) is 0 Å². The van der Waals surface area contributed by atoms with Crippen molar-refractivity contribution in [1.82, 2.24) is 15.0 Å². The van der Waals surface area contributed by atoms with Crippen LogP contribution >= 0.6 is 0 Å². The van der Waals surface area contributed by atoms with E-state index >= 15 is 0 Å². The lowest BCUT2D eigenvalue weighted by Crippen LogP contribution is -2.48. The summed E-state index contributed by atoms with van der Waals surface area (Å²) in [7, 11) is 0. The number of aryl methyl sites for hydroxylation is 1. The maximum absolute atomic E-state index is 11.8. The molecular weight excluding hydrogens is 270 g/mol. The third-order valence-electron chi connectivity index (χ3n) is 3.29. The highest BCUT2D eigenvalue weighted by Gasteiger charge is 2.23. The van der Waals surface area contributed by atoms with Gasteiger partial charge in [-0.05, 0) is 27.7 Å². The van der Waals surface area contributed by atoms with Crippen LogP contribution in [0.15, 0.2) is 10.6 Å². The van der Waals surface area contributed by atoms with Crippen molar-refractivity contribution in [2.45, 2.75) is 39.8 Å². The maximum Gasteiger partial charge on any atom is 0.320 e. The van der Waals surface area contributed by atoms with Crippen molar-refractivity contribution in [3.05, 3.63) is 17.5 Å². The van der Waals surface area contributed by atoms with Crippen LogP contribution in [0.25, 0.3) is 0 Å². The Morgan fingerprint density at radius 1 is 1.29 bits per heavy atom. The number of carbonyl (C=O) groups excluding carboxylic acids is 1. The standard InChI is InChI=1S/C15H25N3O3/c1-12-9-13(21-16-12)10-17-5-7-18(8-6-17)11-14(19)20-15(2,3)4/h9H,5-8,10-11H2,1-4H3. The Hall–Kier alpha value is -1.40. The highest BCUT2D eigenvalue weighted by molar-refractivity contribution is 5.72. The van der Waals surface area contributed by atoms with Gasteiger partial charge in [-0.15, -0.1) is 0 Å². The Morgan fingerprint density at radius 2 is 1.90 bits per heavy atom. The van der Waals surface area contributed by atoms with Crippen LogP contribution in [-0.2, 0) is 16.1 Å². The Bertz CT molecular complexity index is 471. The van der Waals surface area contributed by atoms with Crippen molar-refractivity contribution in [3.63, 3.8) is 0 Å². The summed E-state index contributed by atoms with van der Waals surface area (Å²) >= 11 is 0. The van der Waals surface area contributed by atoms with Gasteiger partial charge in [0.25, 0.3) is 0 Å². The molecule has 0 N–H and O–H groups in total. The molecule has 0 atom stereocenters. The topological polar surface area (TPSA) is 58.8 Å². The first kappa shape index (κ1) is 16.0. The lowest BCUT2D eigenvalue weighted by atomic mass is 10.2. The first-order chi connectivity index (χ1) is 9.82. The van der Waals surface area contributed by atoms with E-state index in [2.05, 4.69) is 15.0 Å². The molecule has 0 radical (unpaired) electrons. The number of aromatic nitrogens is 1. The minimum atomic E-state index is -0.414. The minimum absolute atomic E-state index is 0.151. The third kappa shape index (κ3) is 5.47.